The van der Waals surface area contributed by atoms with Crippen LogP contribution in [0.2, 0.25) is 0 Å². The predicted octanol–water partition coefficient (Wildman–Crippen LogP) is 1.46. The van der Waals surface area contributed by atoms with Crippen molar-refractivity contribution in [1.29, 1.82) is 0 Å². The number of hydrogen-bond acceptors (Lipinski definition) is 4. The summed E-state index contributed by atoms with van der Waals surface area (Å²) in [5.74, 6) is 0.469. The largest absolute Gasteiger partial charge is 0.504 e. The Morgan fingerprint density at radius 3 is 2.53 bits per heavy atom. The Kier molecular flexibility index (Phi) is 3.38. The fraction of sp³-hybridized carbons (Fsp3) is 0.300. The van der Waals surface area contributed by atoms with Gasteiger partial charge in [0.25, 0.3) is 0 Å². The number of hydrogen-bond donors (Lipinski definition) is 1. The van der Waals surface area contributed by atoms with Crippen molar-refractivity contribution in [3.63, 3.8) is 0 Å². The van der Waals surface area contributed by atoms with E-state index in [1.165, 1.54) is 24.1 Å². The molecule has 0 saturated heterocycles. The Hall–Kier alpha value is -1.91. The van der Waals surface area contributed by atoms with Gasteiger partial charge in [-0.3, -0.25) is 0 Å². The average Bonchev–Trinajstić information content (AvgIpc) is 2.20. The van der Waals surface area contributed by atoms with Crippen LogP contribution in [0.15, 0.2) is 18.2 Å². The molecule has 15 heavy (non-hydrogen) atoms. The lowest BCUT2D eigenvalue weighted by molar-refractivity contribution is 0.170. The smallest absolute Gasteiger partial charge is 0.414 e. The van der Waals surface area contributed by atoms with Crippen molar-refractivity contribution in [2.75, 3.05) is 21.2 Å². The van der Waals surface area contributed by atoms with Crippen molar-refractivity contribution in [3.05, 3.63) is 18.2 Å². The maximum atomic E-state index is 11.2. The van der Waals surface area contributed by atoms with Gasteiger partial charge in [-0.05, 0) is 12.1 Å². The summed E-state index contributed by atoms with van der Waals surface area (Å²) < 4.78 is 9.78. The van der Waals surface area contributed by atoms with Gasteiger partial charge < -0.3 is 19.5 Å². The van der Waals surface area contributed by atoms with Gasteiger partial charge in [0.05, 0.1) is 7.11 Å². The third-order valence-electron chi connectivity index (χ3n) is 1.73. The number of carbonyl (C=O) groups excluding carboxylic acids is 1. The summed E-state index contributed by atoms with van der Waals surface area (Å²) in [4.78, 5) is 12.4. The van der Waals surface area contributed by atoms with E-state index in [0.717, 1.165) is 0 Å². The van der Waals surface area contributed by atoms with Crippen LogP contribution in [0.25, 0.3) is 0 Å². The molecule has 1 rings (SSSR count). The van der Waals surface area contributed by atoms with Crippen molar-refractivity contribution in [2.45, 2.75) is 0 Å². The SMILES string of the molecule is COc1ccc(OC(=O)N(C)C)c(O)c1. The standard InChI is InChI=1S/C10H13NO4/c1-11(2)10(13)15-9-5-4-7(14-3)6-8(9)12/h4-6,12H,1-3H3. The van der Waals surface area contributed by atoms with E-state index in [9.17, 15) is 9.90 Å². The van der Waals surface area contributed by atoms with Crippen molar-refractivity contribution in [3.8, 4) is 17.2 Å². The van der Waals surface area contributed by atoms with Gasteiger partial charge in [0.2, 0.25) is 0 Å². The minimum atomic E-state index is -0.546. The molecule has 0 aliphatic rings. The van der Waals surface area contributed by atoms with E-state index >= 15 is 0 Å². The van der Waals surface area contributed by atoms with E-state index in [0.29, 0.717) is 5.75 Å². The lowest BCUT2D eigenvalue weighted by atomic mass is 10.3. The zero-order chi connectivity index (χ0) is 11.4. The van der Waals surface area contributed by atoms with Crippen LogP contribution < -0.4 is 9.47 Å². The first-order valence-corrected chi connectivity index (χ1v) is 4.30. The fourth-order valence-electron chi connectivity index (χ4n) is 0.896. The number of amides is 1. The summed E-state index contributed by atoms with van der Waals surface area (Å²) >= 11 is 0. The number of nitrogens with zero attached hydrogens (tertiary/aromatic N) is 1. The van der Waals surface area contributed by atoms with Gasteiger partial charge in [-0.2, -0.15) is 0 Å². The molecule has 0 aliphatic heterocycles. The van der Waals surface area contributed by atoms with Crippen LogP contribution in [-0.4, -0.2) is 37.3 Å². The normalized spacial score (nSPS) is 9.53. The van der Waals surface area contributed by atoms with Gasteiger partial charge in [-0.15, -0.1) is 0 Å². The highest BCUT2D eigenvalue weighted by Crippen LogP contribution is 2.30. The Labute approximate surface area is 87.8 Å². The molecule has 0 aromatic heterocycles. The van der Waals surface area contributed by atoms with Gasteiger partial charge in [0.15, 0.2) is 11.5 Å². The van der Waals surface area contributed by atoms with Gasteiger partial charge in [-0.25, -0.2) is 4.79 Å². The number of ether oxygens (including phenoxy) is 2. The van der Waals surface area contributed by atoms with E-state index in [2.05, 4.69) is 0 Å². The van der Waals surface area contributed by atoms with E-state index < -0.39 is 6.09 Å². The van der Waals surface area contributed by atoms with Crippen molar-refractivity contribution in [1.82, 2.24) is 4.90 Å². The van der Waals surface area contributed by atoms with E-state index in [1.54, 1.807) is 20.2 Å². The van der Waals surface area contributed by atoms with Gasteiger partial charge in [0.1, 0.15) is 5.75 Å². The second kappa shape index (κ2) is 4.54. The molecular formula is C10H13NO4. The first kappa shape index (κ1) is 11.2. The van der Waals surface area contributed by atoms with Gasteiger partial charge in [0, 0.05) is 20.2 Å². The number of benzene rings is 1. The molecule has 0 atom stereocenters. The fourth-order valence-corrected chi connectivity index (χ4v) is 0.896. The lowest BCUT2D eigenvalue weighted by Gasteiger charge is -2.11. The van der Waals surface area contributed by atoms with Crippen LogP contribution in [0, 0.1) is 0 Å². The number of carbonyl (C=O) groups is 1. The average molecular weight is 211 g/mol. The van der Waals surface area contributed by atoms with Crippen LogP contribution in [0.5, 0.6) is 17.2 Å². The molecule has 0 aliphatic carbocycles. The first-order chi connectivity index (χ1) is 7.04. The molecule has 1 aromatic carbocycles. The molecular weight excluding hydrogens is 198 g/mol. The molecule has 5 nitrogen and oxygen atoms in total. The molecule has 1 amide bonds. The van der Waals surface area contributed by atoms with Crippen LogP contribution >= 0.6 is 0 Å². The first-order valence-electron chi connectivity index (χ1n) is 4.30. The van der Waals surface area contributed by atoms with Crippen LogP contribution in [0.4, 0.5) is 4.79 Å². The molecule has 0 fully saturated rings. The summed E-state index contributed by atoms with van der Waals surface area (Å²) in [5, 5.41) is 9.48. The number of methoxy groups -OCH3 is 1. The number of phenols is 1. The highest BCUT2D eigenvalue weighted by Gasteiger charge is 2.10. The zero-order valence-corrected chi connectivity index (χ0v) is 8.85. The third-order valence-corrected chi connectivity index (χ3v) is 1.73. The van der Waals surface area contributed by atoms with Crippen molar-refractivity contribution in [2.24, 2.45) is 0 Å². The molecule has 0 unspecified atom stereocenters. The van der Waals surface area contributed by atoms with Crippen molar-refractivity contribution >= 4 is 6.09 Å². The summed E-state index contributed by atoms with van der Waals surface area (Å²) in [5.41, 5.74) is 0. The Morgan fingerprint density at radius 1 is 1.40 bits per heavy atom. The topological polar surface area (TPSA) is 59.0 Å². The minimum Gasteiger partial charge on any atom is -0.504 e. The maximum absolute atomic E-state index is 11.2. The molecule has 0 heterocycles. The molecule has 1 N–H and O–H groups in total. The summed E-state index contributed by atoms with van der Waals surface area (Å²) in [6.07, 6.45) is -0.546. The van der Waals surface area contributed by atoms with Crippen LogP contribution in [0.1, 0.15) is 0 Å². The predicted molar refractivity (Wildman–Crippen MR) is 54.4 cm³/mol. The van der Waals surface area contributed by atoms with Gasteiger partial charge in [-0.1, -0.05) is 0 Å². The molecule has 0 bridgehead atoms. The summed E-state index contributed by atoms with van der Waals surface area (Å²) in [6.45, 7) is 0. The van der Waals surface area contributed by atoms with E-state index in [-0.39, 0.29) is 11.5 Å². The summed E-state index contributed by atoms with van der Waals surface area (Å²) in [7, 11) is 4.60. The van der Waals surface area contributed by atoms with E-state index in [1.807, 2.05) is 0 Å². The van der Waals surface area contributed by atoms with Crippen molar-refractivity contribution < 1.29 is 19.4 Å². The highest BCUT2D eigenvalue weighted by atomic mass is 16.6. The molecule has 82 valence electrons. The number of aromatic hydroxyl groups is 1. The second-order valence-electron chi connectivity index (χ2n) is 3.10. The molecule has 1 aromatic rings. The minimum absolute atomic E-state index is 0.106. The van der Waals surface area contributed by atoms with Gasteiger partial charge >= 0.3 is 6.09 Å². The zero-order valence-electron chi connectivity index (χ0n) is 8.85. The Balaban J connectivity index is 2.83. The Bertz CT molecular complexity index is 362. The highest BCUT2D eigenvalue weighted by molar-refractivity contribution is 5.71. The molecule has 0 spiro atoms. The monoisotopic (exact) mass is 211 g/mol. The van der Waals surface area contributed by atoms with Crippen LogP contribution in [-0.2, 0) is 0 Å². The lowest BCUT2D eigenvalue weighted by Crippen LogP contribution is -2.25. The second-order valence-corrected chi connectivity index (χ2v) is 3.10. The Morgan fingerprint density at radius 2 is 2.07 bits per heavy atom. The molecule has 5 heteroatoms. The number of phenolic OH excluding ortho intramolecular Hbond substituents is 1. The third kappa shape index (κ3) is 2.77. The number of rotatable bonds is 2. The maximum Gasteiger partial charge on any atom is 0.414 e. The molecule has 0 saturated carbocycles. The molecule has 0 radical (unpaired) electrons. The van der Waals surface area contributed by atoms with Crippen LogP contribution in [0.3, 0.4) is 0 Å². The quantitative estimate of drug-likeness (QED) is 0.804. The summed E-state index contributed by atoms with van der Waals surface area (Å²) in [6, 6.07) is 4.44. The van der Waals surface area contributed by atoms with E-state index in [4.69, 9.17) is 9.47 Å².